The van der Waals surface area contributed by atoms with E-state index in [0.717, 1.165) is 0 Å². The Morgan fingerprint density at radius 1 is 0.621 bits per heavy atom. The first-order chi connectivity index (χ1) is 13.0. The fourth-order valence-corrected chi connectivity index (χ4v) is 12.7. The van der Waals surface area contributed by atoms with Crippen LogP contribution in [0.2, 0.25) is 0 Å². The molecule has 176 valence electrons. The van der Waals surface area contributed by atoms with Crippen molar-refractivity contribution in [3.8, 4) is 0 Å². The molecule has 1 fully saturated rings. The molecule has 1 aliphatic heterocycles. The monoisotopic (exact) mass is 552 g/mol. The molecule has 0 amide bonds. The van der Waals surface area contributed by atoms with Crippen LogP contribution in [0, 0.1) is 0 Å². The van der Waals surface area contributed by atoms with Crippen molar-refractivity contribution >= 4 is 47.3 Å². The first-order valence-corrected chi connectivity index (χ1v) is 15.6. The van der Waals surface area contributed by atoms with Gasteiger partial charge in [-0.15, -0.1) is 0 Å². The van der Waals surface area contributed by atoms with Gasteiger partial charge in [0.25, 0.3) is 0 Å². The van der Waals surface area contributed by atoms with Crippen molar-refractivity contribution in [2.75, 3.05) is 35.5 Å². The predicted octanol–water partition coefficient (Wildman–Crippen LogP) is 3.27. The summed E-state index contributed by atoms with van der Waals surface area (Å²) in [5, 5.41) is 0. The van der Waals surface area contributed by atoms with Gasteiger partial charge in [-0.2, -0.15) is 0 Å². The van der Waals surface area contributed by atoms with Gasteiger partial charge in [0.15, 0.2) is 0 Å². The second-order valence-corrected chi connectivity index (χ2v) is 15.7. The van der Waals surface area contributed by atoms with Crippen LogP contribution < -0.4 is 0 Å². The summed E-state index contributed by atoms with van der Waals surface area (Å²) >= 11 is 0. The summed E-state index contributed by atoms with van der Waals surface area (Å²) in [7, 11) is -29.2. The molecule has 24 heteroatoms. The third-order valence-corrected chi connectivity index (χ3v) is 14.8. The molecule has 2 N–H and O–H groups in total. The molecule has 0 aromatic carbocycles. The zero-order chi connectivity index (χ0) is 22.8. The van der Waals surface area contributed by atoms with Crippen molar-refractivity contribution in [1.29, 1.82) is 0 Å². The number of rotatable bonds is 5. The van der Waals surface area contributed by atoms with E-state index >= 15 is 0 Å². The molecule has 0 spiro atoms. The van der Waals surface area contributed by atoms with Crippen LogP contribution in [0.5, 0.6) is 0 Å². The Morgan fingerprint density at radius 2 is 0.931 bits per heavy atom. The van der Waals surface area contributed by atoms with Gasteiger partial charge in [-0.1, -0.05) is 0 Å². The fraction of sp³-hybridized carbons (Fsp3) is 1.00. The van der Waals surface area contributed by atoms with Crippen LogP contribution in [-0.2, 0) is 71.3 Å². The van der Waals surface area contributed by atoms with Crippen LogP contribution in [0.1, 0.15) is 0 Å². The summed E-state index contributed by atoms with van der Waals surface area (Å²) in [6.07, 6.45) is 0. The van der Waals surface area contributed by atoms with E-state index in [1.165, 1.54) is 0 Å². The van der Waals surface area contributed by atoms with Gasteiger partial charge in [0.1, 0.15) is 0 Å². The van der Waals surface area contributed by atoms with Crippen LogP contribution >= 0.6 is 47.3 Å². The molecule has 0 bridgehead atoms. The van der Waals surface area contributed by atoms with E-state index in [4.69, 9.17) is 0 Å². The van der Waals surface area contributed by atoms with Crippen LogP contribution in [0.4, 0.5) is 0 Å². The molecule has 1 rings (SSSR count). The fourth-order valence-electron chi connectivity index (χ4n) is 1.22. The van der Waals surface area contributed by atoms with E-state index in [2.05, 4.69) is 48.5 Å². The van der Waals surface area contributed by atoms with Gasteiger partial charge < -0.3 is 0 Å². The Morgan fingerprint density at radius 3 is 1.17 bits per heavy atom. The van der Waals surface area contributed by atoms with Crippen LogP contribution in [-0.4, -0.2) is 45.3 Å². The van der Waals surface area contributed by atoms with Gasteiger partial charge in [0, 0.05) is 0 Å². The maximum atomic E-state index is 12.5. The molecule has 0 aromatic rings. The minimum absolute atomic E-state index is 0.606. The van der Waals surface area contributed by atoms with Gasteiger partial charge in [0.05, 0.1) is 0 Å². The summed E-state index contributed by atoms with van der Waals surface area (Å²) in [5.41, 5.74) is 0. The molecule has 18 nitrogen and oxygen atoms in total. The number of hydrogen-bond acceptors (Lipinski definition) is 17. The van der Waals surface area contributed by atoms with E-state index < -0.39 is 47.3 Å². The zero-order valence-corrected chi connectivity index (χ0v) is 20.6. The Hall–Kier alpha value is 1.06. The summed E-state index contributed by atoms with van der Waals surface area (Å²) in [4.78, 5) is 19.9. The molecule has 1 aliphatic rings. The normalized spacial score (nSPS) is 45.6. The van der Waals surface area contributed by atoms with E-state index in [-0.39, 0.29) is 0 Å². The van der Waals surface area contributed by atoms with Crippen molar-refractivity contribution < 1.29 is 81.1 Å². The van der Waals surface area contributed by atoms with Crippen LogP contribution in [0.25, 0.3) is 0 Å². The van der Waals surface area contributed by atoms with Crippen LogP contribution in [0.15, 0.2) is 0 Å². The van der Waals surface area contributed by atoms with E-state index in [9.17, 15) is 32.6 Å². The van der Waals surface area contributed by atoms with Gasteiger partial charge in [-0.25, -0.2) is 0 Å². The molecular weight excluding hydrogens is 534 g/mol. The van der Waals surface area contributed by atoms with Crippen molar-refractivity contribution in [2.24, 2.45) is 0 Å². The molecule has 4 unspecified atom stereocenters. The zero-order valence-electron chi connectivity index (χ0n) is 15.2. The predicted molar refractivity (Wildman–Crippen MR) is 92.3 cm³/mol. The second kappa shape index (κ2) is 9.91. The van der Waals surface area contributed by atoms with Gasteiger partial charge in [0.2, 0.25) is 0 Å². The Kier molecular flexibility index (Phi) is 9.60. The number of phosphoric acid groups is 5. The first-order valence-electron chi connectivity index (χ1n) is 6.55. The van der Waals surface area contributed by atoms with Crippen LogP contribution in [0.3, 0.4) is 0 Å². The summed E-state index contributed by atoms with van der Waals surface area (Å²) in [6, 6.07) is 0. The molecule has 1 saturated heterocycles. The van der Waals surface area contributed by atoms with Crippen molar-refractivity contribution in [1.82, 2.24) is 0 Å². The third-order valence-electron chi connectivity index (χ3n) is 2.41. The van der Waals surface area contributed by atoms with E-state index in [1.54, 1.807) is 0 Å². The minimum atomic E-state index is -5.76. The molecule has 1 heterocycles. The third kappa shape index (κ3) is 7.85. The topological polar surface area (TPSA) is 227 Å². The van der Waals surface area contributed by atoms with Crippen molar-refractivity contribution in [2.45, 2.75) is 0 Å². The Labute approximate surface area is 164 Å². The molecular formula is C5H18O18P6. The SMILES string of the molecule is COP1(=O)OP(=O)(O)OP(=O)(OC)OP(=O)(OC)O[PH](O)(OC)OP(=O)(OC)O1. The molecule has 0 radical (unpaired) electrons. The van der Waals surface area contributed by atoms with E-state index in [1.807, 2.05) is 0 Å². The van der Waals surface area contributed by atoms with Gasteiger partial charge in [-0.05, 0) is 0 Å². The number of hydrogen-bond donors (Lipinski definition) is 2. The first kappa shape index (κ1) is 28.1. The summed E-state index contributed by atoms with van der Waals surface area (Å²) < 4.78 is 109. The molecule has 0 saturated carbocycles. The molecule has 4 atom stereocenters. The molecule has 29 heavy (non-hydrogen) atoms. The Balaban J connectivity index is 3.64. The standard InChI is InChI=1S/C5H18O18P6/c1-13-25(8)18-24(6,7)19-26(9,14-2)21-28(11,16-4)23-29(12,17-5)22-27(10,15-3)20-25/h12,29H,1-5H3,(H,6,7). The average Bonchev–Trinajstić information content (AvgIpc) is 2.59. The van der Waals surface area contributed by atoms with Crippen molar-refractivity contribution in [3.63, 3.8) is 0 Å². The average molecular weight is 552 g/mol. The van der Waals surface area contributed by atoms with E-state index in [0.29, 0.717) is 35.5 Å². The maximum absolute atomic E-state index is 12.5. The van der Waals surface area contributed by atoms with Gasteiger partial charge >= 0.3 is 164 Å². The Bertz CT molecular complexity index is 762. The van der Waals surface area contributed by atoms with Crippen molar-refractivity contribution in [3.05, 3.63) is 0 Å². The molecule has 0 aliphatic carbocycles. The summed E-state index contributed by atoms with van der Waals surface area (Å²) in [6.45, 7) is 0. The quantitative estimate of drug-likeness (QED) is 0.466. The van der Waals surface area contributed by atoms with Gasteiger partial charge in [-0.3, -0.25) is 0 Å². The summed E-state index contributed by atoms with van der Waals surface area (Å²) in [5.74, 6) is 0. The molecule has 0 aromatic heterocycles. The second-order valence-electron chi connectivity index (χ2n) is 4.22.